The molecular formula is C19H22N4O2S. The Labute approximate surface area is 158 Å². The van der Waals surface area contributed by atoms with Gasteiger partial charge in [-0.25, -0.2) is 0 Å². The van der Waals surface area contributed by atoms with Gasteiger partial charge in [0.05, 0.1) is 17.6 Å². The molecule has 0 aromatic heterocycles. The minimum atomic E-state index is -0.175. The number of carbonyl (C=O) groups excluding carboxylic acids is 1. The first kappa shape index (κ1) is 18.5. The van der Waals surface area contributed by atoms with Crippen LogP contribution in [0.15, 0.2) is 34.2 Å². The molecule has 0 saturated carbocycles. The van der Waals surface area contributed by atoms with Crippen LogP contribution in [-0.4, -0.2) is 60.2 Å². The molecule has 1 fully saturated rings. The number of rotatable bonds is 5. The zero-order valence-electron chi connectivity index (χ0n) is 14.9. The highest BCUT2D eigenvalue weighted by molar-refractivity contribution is 8.18. The quantitative estimate of drug-likeness (QED) is 0.742. The van der Waals surface area contributed by atoms with Crippen LogP contribution in [0.3, 0.4) is 0 Å². The number of hydrogen-bond donors (Lipinski definition) is 0. The molecule has 2 heterocycles. The molecule has 1 aromatic carbocycles. The summed E-state index contributed by atoms with van der Waals surface area (Å²) in [6.45, 7) is 6.86. The van der Waals surface area contributed by atoms with Gasteiger partial charge in [0.2, 0.25) is 0 Å². The van der Waals surface area contributed by atoms with Gasteiger partial charge in [0, 0.05) is 39.1 Å². The second-order valence-electron chi connectivity index (χ2n) is 6.05. The highest BCUT2D eigenvalue weighted by atomic mass is 32.2. The van der Waals surface area contributed by atoms with Gasteiger partial charge in [0.1, 0.15) is 5.75 Å². The van der Waals surface area contributed by atoms with Gasteiger partial charge in [0.25, 0.3) is 5.91 Å². The Morgan fingerprint density at radius 1 is 1.27 bits per heavy atom. The highest BCUT2D eigenvalue weighted by Crippen LogP contribution is 2.31. The van der Waals surface area contributed by atoms with E-state index in [1.807, 2.05) is 37.3 Å². The molecule has 0 radical (unpaired) electrons. The van der Waals surface area contributed by atoms with Crippen molar-refractivity contribution in [1.29, 1.82) is 5.26 Å². The zero-order valence-corrected chi connectivity index (χ0v) is 15.7. The Bertz CT molecular complexity index is 744. The number of benzene rings is 1. The summed E-state index contributed by atoms with van der Waals surface area (Å²) in [5.74, 6) is 0.650. The number of piperazine rings is 1. The van der Waals surface area contributed by atoms with Crippen LogP contribution in [0.4, 0.5) is 0 Å². The third-order valence-corrected chi connectivity index (χ3v) is 5.33. The Morgan fingerprint density at radius 2 is 2.00 bits per heavy atom. The van der Waals surface area contributed by atoms with Crippen LogP contribution in [0.5, 0.6) is 5.75 Å². The maximum Gasteiger partial charge on any atom is 0.286 e. The number of ether oxygens (including phenoxy) is 1. The summed E-state index contributed by atoms with van der Waals surface area (Å²) in [4.78, 5) is 21.5. The Morgan fingerprint density at radius 3 is 2.65 bits per heavy atom. The average molecular weight is 370 g/mol. The van der Waals surface area contributed by atoms with Gasteiger partial charge in [-0.3, -0.25) is 9.69 Å². The summed E-state index contributed by atoms with van der Waals surface area (Å²) in [5, 5.41) is 9.47. The van der Waals surface area contributed by atoms with E-state index in [1.165, 1.54) is 11.8 Å². The first-order chi connectivity index (χ1) is 12.7. The number of carbonyl (C=O) groups is 1. The number of aliphatic imine (C=N–C) groups is 1. The van der Waals surface area contributed by atoms with Crippen LogP contribution in [-0.2, 0) is 4.79 Å². The number of nitriles is 1. The molecule has 1 saturated heterocycles. The second kappa shape index (κ2) is 8.88. The number of amidine groups is 1. The molecule has 3 rings (SSSR count). The summed E-state index contributed by atoms with van der Waals surface area (Å²) in [5.41, 5.74) is 0.960. The van der Waals surface area contributed by atoms with E-state index in [9.17, 15) is 4.79 Å². The number of nitrogens with zero attached hydrogens (tertiary/aromatic N) is 4. The molecule has 0 spiro atoms. The first-order valence-electron chi connectivity index (χ1n) is 8.79. The molecule has 2 aliphatic rings. The first-order valence-corrected chi connectivity index (χ1v) is 9.61. The Hall–Kier alpha value is -2.30. The van der Waals surface area contributed by atoms with E-state index in [2.05, 4.69) is 20.9 Å². The van der Waals surface area contributed by atoms with Crippen LogP contribution in [0, 0.1) is 11.3 Å². The van der Waals surface area contributed by atoms with E-state index in [0.717, 1.165) is 49.2 Å². The van der Waals surface area contributed by atoms with Crippen molar-refractivity contribution in [3.63, 3.8) is 0 Å². The summed E-state index contributed by atoms with van der Waals surface area (Å²) < 4.78 is 5.44. The van der Waals surface area contributed by atoms with Crippen molar-refractivity contribution in [3.05, 3.63) is 34.7 Å². The van der Waals surface area contributed by atoms with E-state index in [0.29, 0.717) is 17.9 Å². The zero-order chi connectivity index (χ0) is 18.4. The summed E-state index contributed by atoms with van der Waals surface area (Å²) >= 11 is 1.44. The van der Waals surface area contributed by atoms with Crippen molar-refractivity contribution in [2.45, 2.75) is 13.3 Å². The molecule has 6 nitrogen and oxygen atoms in total. The van der Waals surface area contributed by atoms with Crippen LogP contribution in [0.2, 0.25) is 0 Å². The molecule has 0 unspecified atom stereocenters. The lowest BCUT2D eigenvalue weighted by Crippen LogP contribution is -2.47. The van der Waals surface area contributed by atoms with E-state index in [4.69, 9.17) is 10.00 Å². The van der Waals surface area contributed by atoms with E-state index < -0.39 is 0 Å². The van der Waals surface area contributed by atoms with E-state index in [-0.39, 0.29) is 5.91 Å². The largest absolute Gasteiger partial charge is 0.494 e. The van der Waals surface area contributed by atoms with Crippen molar-refractivity contribution < 1.29 is 9.53 Å². The lowest BCUT2D eigenvalue weighted by Gasteiger charge is -2.34. The standard InChI is InChI=1S/C19H22N4O2S/c1-2-25-16-6-4-15(5-7-16)14-17-18(24)21-19(26-17)23-12-10-22(11-13-23)9-3-8-20/h4-7,14H,2-3,9-13H2,1H3. The summed E-state index contributed by atoms with van der Waals surface area (Å²) in [6, 6.07) is 9.88. The van der Waals surface area contributed by atoms with Crippen molar-refractivity contribution in [1.82, 2.24) is 9.80 Å². The van der Waals surface area contributed by atoms with Crippen LogP contribution < -0.4 is 4.74 Å². The Kier molecular flexibility index (Phi) is 6.31. The van der Waals surface area contributed by atoms with Gasteiger partial charge in [-0.15, -0.1) is 0 Å². The van der Waals surface area contributed by atoms with Crippen LogP contribution in [0.1, 0.15) is 18.9 Å². The van der Waals surface area contributed by atoms with Gasteiger partial charge in [-0.2, -0.15) is 10.3 Å². The maximum atomic E-state index is 12.2. The molecular weight excluding hydrogens is 348 g/mol. The molecule has 26 heavy (non-hydrogen) atoms. The topological polar surface area (TPSA) is 68.9 Å². The lowest BCUT2D eigenvalue weighted by molar-refractivity contribution is -0.113. The van der Waals surface area contributed by atoms with Crippen molar-refractivity contribution in [2.24, 2.45) is 4.99 Å². The van der Waals surface area contributed by atoms with Gasteiger partial charge in [-0.1, -0.05) is 12.1 Å². The fraction of sp³-hybridized carbons (Fsp3) is 0.421. The molecule has 0 atom stereocenters. The summed E-state index contributed by atoms with van der Waals surface area (Å²) in [6.07, 6.45) is 2.44. The molecule has 1 aromatic rings. The highest BCUT2D eigenvalue weighted by Gasteiger charge is 2.28. The monoisotopic (exact) mass is 370 g/mol. The fourth-order valence-electron chi connectivity index (χ4n) is 2.88. The normalized spacial score (nSPS) is 19.5. The number of amides is 1. The van der Waals surface area contributed by atoms with Gasteiger partial charge >= 0.3 is 0 Å². The molecule has 0 N–H and O–H groups in total. The molecule has 0 bridgehead atoms. The molecule has 0 aliphatic carbocycles. The third-order valence-electron chi connectivity index (χ3n) is 4.28. The van der Waals surface area contributed by atoms with Crippen LogP contribution >= 0.6 is 11.8 Å². The van der Waals surface area contributed by atoms with E-state index >= 15 is 0 Å². The maximum absolute atomic E-state index is 12.2. The number of hydrogen-bond acceptors (Lipinski definition) is 6. The molecule has 136 valence electrons. The lowest BCUT2D eigenvalue weighted by atomic mass is 10.2. The van der Waals surface area contributed by atoms with E-state index in [1.54, 1.807) is 0 Å². The van der Waals surface area contributed by atoms with Gasteiger partial charge in [0.15, 0.2) is 5.17 Å². The Balaban J connectivity index is 1.58. The minimum Gasteiger partial charge on any atom is -0.494 e. The number of thioether (sulfide) groups is 1. The van der Waals surface area contributed by atoms with Crippen molar-refractivity contribution >= 4 is 28.9 Å². The fourth-order valence-corrected chi connectivity index (χ4v) is 3.85. The van der Waals surface area contributed by atoms with Gasteiger partial charge < -0.3 is 9.64 Å². The van der Waals surface area contributed by atoms with Gasteiger partial charge in [-0.05, 0) is 42.5 Å². The third kappa shape index (κ3) is 4.65. The minimum absolute atomic E-state index is 0.175. The molecule has 7 heteroatoms. The predicted molar refractivity (Wildman–Crippen MR) is 104 cm³/mol. The van der Waals surface area contributed by atoms with Crippen LogP contribution in [0.25, 0.3) is 6.08 Å². The van der Waals surface area contributed by atoms with Crippen molar-refractivity contribution in [3.8, 4) is 11.8 Å². The second-order valence-corrected chi connectivity index (χ2v) is 7.06. The molecule has 1 amide bonds. The van der Waals surface area contributed by atoms with Crippen molar-refractivity contribution in [2.75, 3.05) is 39.3 Å². The SMILES string of the molecule is CCOc1ccc(C=C2SC(N3CCN(CCC#N)CC3)=NC2=O)cc1. The predicted octanol–water partition coefficient (Wildman–Crippen LogP) is 2.59. The smallest absolute Gasteiger partial charge is 0.286 e. The molecule has 2 aliphatic heterocycles. The summed E-state index contributed by atoms with van der Waals surface area (Å²) in [7, 11) is 0. The average Bonchev–Trinajstić information content (AvgIpc) is 3.03.